The van der Waals surface area contributed by atoms with E-state index in [1.165, 1.54) is 38.2 Å². The SMILES string of the molecule is CC(CN)S(=O)(=O)N(C)c1ccc(F)cc1. The molecular formula is C10H15FN2O2S. The van der Waals surface area contributed by atoms with Crippen LogP contribution in [0.1, 0.15) is 6.92 Å². The maximum atomic E-state index is 12.7. The number of nitrogens with two attached hydrogens (primary N) is 1. The van der Waals surface area contributed by atoms with Crippen molar-refractivity contribution >= 4 is 15.7 Å². The lowest BCUT2D eigenvalue weighted by atomic mass is 10.3. The van der Waals surface area contributed by atoms with E-state index in [0.717, 1.165) is 4.31 Å². The average molecular weight is 246 g/mol. The summed E-state index contributed by atoms with van der Waals surface area (Å²) < 4.78 is 37.6. The molecule has 1 unspecified atom stereocenters. The minimum atomic E-state index is -3.47. The van der Waals surface area contributed by atoms with Crippen molar-refractivity contribution in [3.63, 3.8) is 0 Å². The van der Waals surface area contributed by atoms with Gasteiger partial charge in [-0.25, -0.2) is 12.8 Å². The number of sulfonamides is 1. The molecule has 16 heavy (non-hydrogen) atoms. The van der Waals surface area contributed by atoms with Crippen molar-refractivity contribution in [2.24, 2.45) is 5.73 Å². The lowest BCUT2D eigenvalue weighted by Crippen LogP contribution is -2.38. The van der Waals surface area contributed by atoms with Crippen LogP contribution in [-0.4, -0.2) is 27.3 Å². The molecular weight excluding hydrogens is 231 g/mol. The predicted octanol–water partition coefficient (Wildman–Crippen LogP) is 0.939. The minimum absolute atomic E-state index is 0.0495. The molecule has 1 aromatic rings. The predicted molar refractivity (Wildman–Crippen MR) is 62.2 cm³/mol. The van der Waals surface area contributed by atoms with Gasteiger partial charge >= 0.3 is 0 Å². The molecule has 0 aromatic heterocycles. The number of anilines is 1. The number of rotatable bonds is 4. The zero-order valence-corrected chi connectivity index (χ0v) is 10.0. The van der Waals surface area contributed by atoms with Crippen LogP contribution in [0.4, 0.5) is 10.1 Å². The van der Waals surface area contributed by atoms with Crippen molar-refractivity contribution in [2.45, 2.75) is 12.2 Å². The van der Waals surface area contributed by atoms with Gasteiger partial charge in [0.2, 0.25) is 10.0 Å². The second-order valence-electron chi connectivity index (χ2n) is 3.54. The zero-order chi connectivity index (χ0) is 12.3. The molecule has 0 aliphatic carbocycles. The van der Waals surface area contributed by atoms with Crippen molar-refractivity contribution in [1.82, 2.24) is 0 Å². The fraction of sp³-hybridized carbons (Fsp3) is 0.400. The molecule has 0 amide bonds. The minimum Gasteiger partial charge on any atom is -0.329 e. The highest BCUT2D eigenvalue weighted by molar-refractivity contribution is 7.93. The lowest BCUT2D eigenvalue weighted by Gasteiger charge is -2.22. The van der Waals surface area contributed by atoms with E-state index >= 15 is 0 Å². The summed E-state index contributed by atoms with van der Waals surface area (Å²) in [5.74, 6) is -0.401. The number of hydrogen-bond donors (Lipinski definition) is 1. The average Bonchev–Trinajstić information content (AvgIpc) is 2.28. The number of hydrogen-bond acceptors (Lipinski definition) is 3. The molecule has 90 valence electrons. The molecule has 0 saturated heterocycles. The quantitative estimate of drug-likeness (QED) is 0.860. The topological polar surface area (TPSA) is 63.4 Å². The first kappa shape index (κ1) is 12.9. The first-order valence-electron chi connectivity index (χ1n) is 4.83. The van der Waals surface area contributed by atoms with Crippen molar-refractivity contribution in [2.75, 3.05) is 17.9 Å². The normalized spacial score (nSPS) is 13.5. The van der Waals surface area contributed by atoms with Gasteiger partial charge in [0.1, 0.15) is 5.82 Å². The molecule has 1 aromatic carbocycles. The smallest absolute Gasteiger partial charge is 0.238 e. The van der Waals surface area contributed by atoms with Gasteiger partial charge in [0.05, 0.1) is 10.9 Å². The van der Waals surface area contributed by atoms with Gasteiger partial charge in [-0.3, -0.25) is 4.31 Å². The van der Waals surface area contributed by atoms with Crippen molar-refractivity contribution < 1.29 is 12.8 Å². The van der Waals surface area contributed by atoms with Crippen LogP contribution >= 0.6 is 0 Å². The summed E-state index contributed by atoms with van der Waals surface area (Å²) in [5.41, 5.74) is 5.75. The van der Waals surface area contributed by atoms with Crippen LogP contribution < -0.4 is 10.0 Å². The maximum Gasteiger partial charge on any atom is 0.238 e. The number of nitrogens with zero attached hydrogens (tertiary/aromatic N) is 1. The Bertz CT molecular complexity index is 444. The molecule has 0 spiro atoms. The van der Waals surface area contributed by atoms with Gasteiger partial charge in [0, 0.05) is 13.6 Å². The first-order valence-corrected chi connectivity index (χ1v) is 6.33. The molecule has 1 rings (SSSR count). The molecule has 0 heterocycles. The van der Waals surface area contributed by atoms with E-state index < -0.39 is 21.1 Å². The Morgan fingerprint density at radius 1 is 1.38 bits per heavy atom. The Labute approximate surface area is 94.9 Å². The largest absolute Gasteiger partial charge is 0.329 e. The van der Waals surface area contributed by atoms with E-state index in [2.05, 4.69) is 0 Å². The van der Waals surface area contributed by atoms with Crippen LogP contribution in [0.2, 0.25) is 0 Å². The highest BCUT2D eigenvalue weighted by Crippen LogP contribution is 2.18. The molecule has 0 radical (unpaired) electrons. The van der Waals surface area contributed by atoms with Crippen molar-refractivity contribution in [3.05, 3.63) is 30.1 Å². The molecule has 0 aliphatic rings. The van der Waals surface area contributed by atoms with Crippen LogP contribution in [0.5, 0.6) is 0 Å². The lowest BCUT2D eigenvalue weighted by molar-refractivity contribution is 0.582. The van der Waals surface area contributed by atoms with Gasteiger partial charge in [-0.2, -0.15) is 0 Å². The molecule has 1 atom stereocenters. The molecule has 4 nitrogen and oxygen atoms in total. The van der Waals surface area contributed by atoms with E-state index in [9.17, 15) is 12.8 Å². The van der Waals surface area contributed by atoms with Gasteiger partial charge in [0.15, 0.2) is 0 Å². The summed E-state index contributed by atoms with van der Waals surface area (Å²) in [6.45, 7) is 1.59. The number of benzene rings is 1. The number of halogens is 1. The second-order valence-corrected chi connectivity index (χ2v) is 5.92. The van der Waals surface area contributed by atoms with Crippen LogP contribution in [-0.2, 0) is 10.0 Å². The summed E-state index contributed by atoms with van der Waals surface area (Å²) in [7, 11) is -2.04. The Balaban J connectivity index is 3.02. The summed E-state index contributed by atoms with van der Waals surface area (Å²) in [6.07, 6.45) is 0. The molecule has 0 fully saturated rings. The second kappa shape index (κ2) is 4.80. The van der Waals surface area contributed by atoms with E-state index in [1.54, 1.807) is 0 Å². The van der Waals surface area contributed by atoms with Gasteiger partial charge in [-0.1, -0.05) is 0 Å². The van der Waals surface area contributed by atoms with Crippen molar-refractivity contribution in [3.8, 4) is 0 Å². The van der Waals surface area contributed by atoms with Crippen LogP contribution in [0.15, 0.2) is 24.3 Å². The summed E-state index contributed by atoms with van der Waals surface area (Å²) in [4.78, 5) is 0. The molecule has 0 aliphatic heterocycles. The van der Waals surface area contributed by atoms with E-state index in [-0.39, 0.29) is 6.54 Å². The van der Waals surface area contributed by atoms with Gasteiger partial charge < -0.3 is 5.73 Å². The van der Waals surface area contributed by atoms with E-state index in [4.69, 9.17) is 5.73 Å². The summed E-state index contributed by atoms with van der Waals surface area (Å²) in [5, 5.41) is -0.664. The van der Waals surface area contributed by atoms with Gasteiger partial charge in [-0.05, 0) is 31.2 Å². The third-order valence-corrected chi connectivity index (χ3v) is 4.60. The van der Waals surface area contributed by atoms with Crippen LogP contribution in [0, 0.1) is 5.82 Å². The monoisotopic (exact) mass is 246 g/mol. The Kier molecular flexibility index (Phi) is 3.88. The molecule has 0 bridgehead atoms. The fourth-order valence-electron chi connectivity index (χ4n) is 1.19. The van der Waals surface area contributed by atoms with Gasteiger partial charge in [0.25, 0.3) is 0 Å². The van der Waals surface area contributed by atoms with Crippen molar-refractivity contribution in [1.29, 1.82) is 0 Å². The molecule has 6 heteroatoms. The molecule has 0 saturated carbocycles. The van der Waals surface area contributed by atoms with Crippen LogP contribution in [0.3, 0.4) is 0 Å². The standard InChI is InChI=1S/C10H15FN2O2S/c1-8(7-12)16(14,15)13(2)10-5-3-9(11)4-6-10/h3-6,8H,7,12H2,1-2H3. The third-order valence-electron chi connectivity index (χ3n) is 2.41. The van der Waals surface area contributed by atoms with E-state index in [1.807, 2.05) is 0 Å². The summed E-state index contributed by atoms with van der Waals surface area (Å²) >= 11 is 0. The van der Waals surface area contributed by atoms with Crippen LogP contribution in [0.25, 0.3) is 0 Å². The highest BCUT2D eigenvalue weighted by Gasteiger charge is 2.24. The van der Waals surface area contributed by atoms with E-state index in [0.29, 0.717) is 5.69 Å². The summed E-state index contributed by atoms with van der Waals surface area (Å²) in [6, 6.07) is 5.26. The van der Waals surface area contributed by atoms with Gasteiger partial charge in [-0.15, -0.1) is 0 Å². The Morgan fingerprint density at radius 2 is 1.88 bits per heavy atom. The zero-order valence-electron chi connectivity index (χ0n) is 9.22. The third kappa shape index (κ3) is 2.51. The Morgan fingerprint density at radius 3 is 2.31 bits per heavy atom. The highest BCUT2D eigenvalue weighted by atomic mass is 32.2. The molecule has 2 N–H and O–H groups in total. The Hall–Kier alpha value is -1.14. The first-order chi connectivity index (χ1) is 7.39. The fourth-order valence-corrected chi connectivity index (χ4v) is 2.39. The maximum absolute atomic E-state index is 12.7.